The number of aromatic nitrogens is 2. The van der Waals surface area contributed by atoms with Crippen molar-refractivity contribution in [3.8, 4) is 0 Å². The molecule has 1 heterocycles. The lowest BCUT2D eigenvalue weighted by Gasteiger charge is -2.31. The van der Waals surface area contributed by atoms with Crippen molar-refractivity contribution >= 4 is 23.5 Å². The fourth-order valence-electron chi connectivity index (χ4n) is 2.37. The number of hydrogen-bond donors (Lipinski definition) is 2. The number of nitrogens with zero attached hydrogens (tertiary/aromatic N) is 2. The molecule has 1 aromatic heterocycles. The molecular weight excluding hydrogens is 290 g/mol. The Kier molecular flexibility index (Phi) is 5.41. The molecule has 2 rings (SSSR count). The van der Waals surface area contributed by atoms with Crippen molar-refractivity contribution in [2.24, 2.45) is 0 Å². The van der Waals surface area contributed by atoms with E-state index in [4.69, 9.17) is 10.5 Å². The Morgan fingerprint density at radius 2 is 2.19 bits per heavy atom. The van der Waals surface area contributed by atoms with Gasteiger partial charge in [-0.2, -0.15) is 0 Å². The van der Waals surface area contributed by atoms with E-state index in [9.17, 15) is 9.90 Å². The van der Waals surface area contributed by atoms with Crippen LogP contribution in [0, 0.1) is 0 Å². The monoisotopic (exact) mass is 311 g/mol. The van der Waals surface area contributed by atoms with Crippen LogP contribution in [0.4, 0.5) is 5.82 Å². The Labute approximate surface area is 128 Å². The molecule has 0 bridgehead atoms. The average Bonchev–Trinajstić information content (AvgIpc) is 2.46. The zero-order chi connectivity index (χ0) is 15.3. The summed E-state index contributed by atoms with van der Waals surface area (Å²) < 4.78 is 4.87. The number of anilines is 1. The van der Waals surface area contributed by atoms with E-state index in [2.05, 4.69) is 9.97 Å². The summed E-state index contributed by atoms with van der Waals surface area (Å²) in [6, 6.07) is 0. The highest BCUT2D eigenvalue weighted by molar-refractivity contribution is 7.99. The number of nitrogens with two attached hydrogens (primary N) is 1. The number of hydrogen-bond acceptors (Lipinski definition) is 7. The van der Waals surface area contributed by atoms with Crippen LogP contribution in [0.15, 0.2) is 11.4 Å². The van der Waals surface area contributed by atoms with E-state index in [1.54, 1.807) is 6.92 Å². The second-order valence-corrected chi connectivity index (χ2v) is 6.19. The maximum absolute atomic E-state index is 11.6. The van der Waals surface area contributed by atoms with E-state index >= 15 is 0 Å². The molecule has 0 saturated heterocycles. The first kappa shape index (κ1) is 16.0. The molecular formula is C14H21N3O3S. The van der Waals surface area contributed by atoms with Crippen LogP contribution in [0.5, 0.6) is 0 Å². The van der Waals surface area contributed by atoms with Gasteiger partial charge in [0.15, 0.2) is 5.16 Å². The van der Waals surface area contributed by atoms with Crippen LogP contribution in [0.2, 0.25) is 0 Å². The number of thioether (sulfide) groups is 1. The Morgan fingerprint density at radius 3 is 2.81 bits per heavy atom. The molecule has 1 saturated carbocycles. The maximum atomic E-state index is 11.6. The Bertz CT molecular complexity index is 504. The van der Waals surface area contributed by atoms with Gasteiger partial charge in [0, 0.05) is 11.9 Å². The van der Waals surface area contributed by atoms with Gasteiger partial charge >= 0.3 is 5.97 Å². The van der Waals surface area contributed by atoms with Gasteiger partial charge in [-0.25, -0.2) is 14.8 Å². The van der Waals surface area contributed by atoms with Crippen LogP contribution < -0.4 is 5.73 Å². The largest absolute Gasteiger partial charge is 0.462 e. The molecule has 1 aliphatic rings. The molecule has 21 heavy (non-hydrogen) atoms. The lowest BCUT2D eigenvalue weighted by molar-refractivity contribution is 0.0272. The van der Waals surface area contributed by atoms with E-state index in [-0.39, 0.29) is 18.0 Å². The van der Waals surface area contributed by atoms with E-state index in [0.29, 0.717) is 10.9 Å². The fourth-order valence-corrected chi connectivity index (χ4v) is 3.34. The molecule has 0 amide bonds. The minimum absolute atomic E-state index is 0.113. The molecule has 0 atom stereocenters. The zero-order valence-corrected chi connectivity index (χ0v) is 13.0. The summed E-state index contributed by atoms with van der Waals surface area (Å²) in [4.78, 5) is 19.8. The molecule has 0 aromatic carbocycles. The van der Waals surface area contributed by atoms with Gasteiger partial charge in [-0.15, -0.1) is 0 Å². The van der Waals surface area contributed by atoms with Crippen molar-refractivity contribution in [2.75, 3.05) is 18.1 Å². The molecule has 116 valence electrons. The normalized spacial score (nSPS) is 17.4. The highest BCUT2D eigenvalue weighted by Crippen LogP contribution is 2.32. The predicted molar refractivity (Wildman–Crippen MR) is 81.2 cm³/mol. The summed E-state index contributed by atoms with van der Waals surface area (Å²) >= 11 is 1.37. The van der Waals surface area contributed by atoms with E-state index < -0.39 is 11.6 Å². The van der Waals surface area contributed by atoms with Gasteiger partial charge in [0.25, 0.3) is 0 Å². The summed E-state index contributed by atoms with van der Waals surface area (Å²) in [5, 5.41) is 10.9. The molecule has 6 nitrogen and oxygen atoms in total. The summed E-state index contributed by atoms with van der Waals surface area (Å²) in [6.45, 7) is 2.01. The summed E-state index contributed by atoms with van der Waals surface area (Å²) in [6.07, 6.45) is 6.31. The molecule has 0 aliphatic heterocycles. The van der Waals surface area contributed by atoms with Gasteiger partial charge in [0.1, 0.15) is 11.4 Å². The summed E-state index contributed by atoms with van der Waals surface area (Å²) in [5.41, 5.74) is 5.31. The highest BCUT2D eigenvalue weighted by atomic mass is 32.2. The number of aliphatic hydroxyl groups is 1. The number of rotatable bonds is 5. The van der Waals surface area contributed by atoms with E-state index in [1.165, 1.54) is 24.4 Å². The van der Waals surface area contributed by atoms with Crippen LogP contribution in [0.1, 0.15) is 49.4 Å². The molecule has 0 unspecified atom stereocenters. The van der Waals surface area contributed by atoms with Crippen LogP contribution in [0.25, 0.3) is 0 Å². The number of esters is 1. The van der Waals surface area contributed by atoms with Crippen LogP contribution in [-0.4, -0.2) is 39.0 Å². The molecule has 1 fully saturated rings. The van der Waals surface area contributed by atoms with E-state index in [0.717, 1.165) is 25.7 Å². The lowest BCUT2D eigenvalue weighted by Crippen LogP contribution is -2.34. The predicted octanol–water partition coefficient (Wildman–Crippen LogP) is 2.02. The summed E-state index contributed by atoms with van der Waals surface area (Å²) in [5.74, 6) is 0.143. The molecule has 0 spiro atoms. The SMILES string of the molecule is CCOC(=O)c1cnc(SCC2(O)CCCCC2)nc1N. The minimum Gasteiger partial charge on any atom is -0.462 e. The van der Waals surface area contributed by atoms with Crippen LogP contribution >= 0.6 is 11.8 Å². The third kappa shape index (κ3) is 4.31. The standard InChI is InChI=1S/C14H21N3O3S/c1-2-20-12(18)10-8-16-13(17-11(10)15)21-9-14(19)6-4-3-5-7-14/h8,19H,2-7,9H2,1H3,(H2,15,16,17). The molecule has 1 aliphatic carbocycles. The quantitative estimate of drug-likeness (QED) is 0.487. The average molecular weight is 311 g/mol. The lowest BCUT2D eigenvalue weighted by atomic mass is 9.86. The second-order valence-electron chi connectivity index (χ2n) is 5.25. The highest BCUT2D eigenvalue weighted by Gasteiger charge is 2.29. The van der Waals surface area contributed by atoms with Gasteiger partial charge in [-0.1, -0.05) is 31.0 Å². The van der Waals surface area contributed by atoms with E-state index in [1.807, 2.05) is 0 Å². The molecule has 1 aromatic rings. The van der Waals surface area contributed by atoms with Gasteiger partial charge in [0.2, 0.25) is 0 Å². The van der Waals surface area contributed by atoms with Gasteiger partial charge < -0.3 is 15.6 Å². The van der Waals surface area contributed by atoms with Crippen LogP contribution in [0.3, 0.4) is 0 Å². The summed E-state index contributed by atoms with van der Waals surface area (Å²) in [7, 11) is 0. The van der Waals surface area contributed by atoms with Crippen molar-refractivity contribution in [1.82, 2.24) is 9.97 Å². The first-order valence-electron chi connectivity index (χ1n) is 7.19. The third-order valence-corrected chi connectivity index (χ3v) is 4.68. The maximum Gasteiger partial charge on any atom is 0.343 e. The molecule has 7 heteroatoms. The first-order valence-corrected chi connectivity index (χ1v) is 8.17. The molecule has 3 N–H and O–H groups in total. The number of carbonyl (C=O) groups excluding carboxylic acids is 1. The smallest absolute Gasteiger partial charge is 0.343 e. The third-order valence-electron chi connectivity index (χ3n) is 3.55. The number of ether oxygens (including phenoxy) is 1. The fraction of sp³-hybridized carbons (Fsp3) is 0.643. The van der Waals surface area contributed by atoms with Gasteiger partial charge in [0.05, 0.1) is 12.2 Å². The van der Waals surface area contributed by atoms with Crippen molar-refractivity contribution in [2.45, 2.75) is 49.8 Å². The topological polar surface area (TPSA) is 98.3 Å². The van der Waals surface area contributed by atoms with Crippen molar-refractivity contribution in [3.63, 3.8) is 0 Å². The van der Waals surface area contributed by atoms with Crippen molar-refractivity contribution < 1.29 is 14.6 Å². The number of nitrogen functional groups attached to an aromatic ring is 1. The van der Waals surface area contributed by atoms with Crippen molar-refractivity contribution in [3.05, 3.63) is 11.8 Å². The van der Waals surface area contributed by atoms with Gasteiger partial charge in [-0.3, -0.25) is 0 Å². The zero-order valence-electron chi connectivity index (χ0n) is 12.2. The Balaban J connectivity index is 1.98. The number of carbonyl (C=O) groups is 1. The van der Waals surface area contributed by atoms with Crippen molar-refractivity contribution in [1.29, 1.82) is 0 Å². The first-order chi connectivity index (χ1) is 10.0. The van der Waals surface area contributed by atoms with Crippen LogP contribution in [-0.2, 0) is 4.74 Å². The second kappa shape index (κ2) is 7.09. The Hall–Kier alpha value is -1.34. The minimum atomic E-state index is -0.638. The van der Waals surface area contributed by atoms with Gasteiger partial charge in [-0.05, 0) is 19.8 Å². The Morgan fingerprint density at radius 1 is 1.48 bits per heavy atom. The molecule has 0 radical (unpaired) electrons.